The summed E-state index contributed by atoms with van der Waals surface area (Å²) in [5, 5.41) is 12.8. The second kappa shape index (κ2) is 7.35. The van der Waals surface area contributed by atoms with Gasteiger partial charge in [-0.15, -0.1) is 0 Å². The van der Waals surface area contributed by atoms with Crippen molar-refractivity contribution >= 4 is 23.8 Å². The first-order valence-corrected chi connectivity index (χ1v) is 8.58. The van der Waals surface area contributed by atoms with Gasteiger partial charge in [-0.05, 0) is 19.3 Å². The highest BCUT2D eigenvalue weighted by Gasteiger charge is 2.40. The van der Waals surface area contributed by atoms with Gasteiger partial charge >= 0.3 is 12.0 Å². The number of carbonyl (C=O) groups is 2. The van der Waals surface area contributed by atoms with Crippen LogP contribution in [0.5, 0.6) is 0 Å². The standard InChI is InChI=1S/C14H24N2O4S/c1-2-11-9-16(5-8-21-11)13(19)15-10-14(12(17)18)3-6-20-7-4-14/h11H,2-10H2,1H3,(H,15,19)(H,17,18). The SMILES string of the molecule is CCC1CN(C(=O)NCC2(C(=O)O)CCOCC2)CCS1. The van der Waals surface area contributed by atoms with E-state index in [0.29, 0.717) is 31.3 Å². The Morgan fingerprint density at radius 1 is 1.43 bits per heavy atom. The summed E-state index contributed by atoms with van der Waals surface area (Å²) < 4.78 is 5.24. The molecular weight excluding hydrogens is 292 g/mol. The van der Waals surface area contributed by atoms with Crippen molar-refractivity contribution in [1.29, 1.82) is 0 Å². The van der Waals surface area contributed by atoms with Gasteiger partial charge < -0.3 is 20.1 Å². The van der Waals surface area contributed by atoms with E-state index < -0.39 is 11.4 Å². The minimum absolute atomic E-state index is 0.138. The van der Waals surface area contributed by atoms with Crippen molar-refractivity contribution in [3.05, 3.63) is 0 Å². The topological polar surface area (TPSA) is 78.9 Å². The summed E-state index contributed by atoms with van der Waals surface area (Å²) in [7, 11) is 0. The van der Waals surface area contributed by atoms with Crippen LogP contribution in [0.4, 0.5) is 4.79 Å². The molecule has 2 aliphatic rings. The molecule has 2 aliphatic heterocycles. The lowest BCUT2D eigenvalue weighted by Crippen LogP contribution is -2.52. The third-order valence-corrected chi connectivity index (χ3v) is 5.74. The number of aliphatic carboxylic acids is 1. The van der Waals surface area contributed by atoms with Crippen LogP contribution in [0.1, 0.15) is 26.2 Å². The number of hydrogen-bond acceptors (Lipinski definition) is 4. The number of amides is 2. The van der Waals surface area contributed by atoms with Crippen LogP contribution in [-0.2, 0) is 9.53 Å². The first kappa shape index (κ1) is 16.4. The summed E-state index contributed by atoms with van der Waals surface area (Å²) in [6.07, 6.45) is 1.96. The molecule has 7 heteroatoms. The zero-order valence-corrected chi connectivity index (χ0v) is 13.3. The number of thioether (sulfide) groups is 1. The smallest absolute Gasteiger partial charge is 0.317 e. The van der Waals surface area contributed by atoms with Gasteiger partial charge in [0.1, 0.15) is 0 Å². The summed E-state index contributed by atoms with van der Waals surface area (Å²) in [5.74, 6) is 0.107. The zero-order valence-electron chi connectivity index (χ0n) is 12.5. The van der Waals surface area contributed by atoms with E-state index in [-0.39, 0.29) is 12.6 Å². The minimum Gasteiger partial charge on any atom is -0.481 e. The molecule has 0 saturated carbocycles. The molecule has 0 aromatic heterocycles. The van der Waals surface area contributed by atoms with Crippen LogP contribution >= 0.6 is 11.8 Å². The molecule has 0 aromatic rings. The van der Waals surface area contributed by atoms with Gasteiger partial charge in [-0.3, -0.25) is 4.79 Å². The van der Waals surface area contributed by atoms with Crippen LogP contribution in [0.3, 0.4) is 0 Å². The molecule has 1 atom stereocenters. The Labute approximate surface area is 129 Å². The lowest BCUT2D eigenvalue weighted by molar-refractivity contribution is -0.154. The van der Waals surface area contributed by atoms with Gasteiger partial charge in [0.15, 0.2) is 0 Å². The molecule has 21 heavy (non-hydrogen) atoms. The number of hydrogen-bond donors (Lipinski definition) is 2. The first-order valence-electron chi connectivity index (χ1n) is 7.53. The molecule has 120 valence electrons. The molecule has 2 heterocycles. The number of nitrogens with zero attached hydrogens (tertiary/aromatic N) is 1. The molecule has 2 fully saturated rings. The lowest BCUT2D eigenvalue weighted by Gasteiger charge is -2.35. The number of carboxylic acids is 1. The number of carboxylic acid groups (broad SMARTS) is 1. The van der Waals surface area contributed by atoms with Gasteiger partial charge in [-0.2, -0.15) is 11.8 Å². The van der Waals surface area contributed by atoms with Crippen molar-refractivity contribution in [3.63, 3.8) is 0 Å². The van der Waals surface area contributed by atoms with Crippen molar-refractivity contribution in [1.82, 2.24) is 10.2 Å². The van der Waals surface area contributed by atoms with Crippen LogP contribution in [0.2, 0.25) is 0 Å². The summed E-state index contributed by atoms with van der Waals surface area (Å²) in [6.45, 7) is 4.68. The Balaban J connectivity index is 1.88. The predicted octanol–water partition coefficient (Wildman–Crippen LogP) is 1.40. The molecule has 2 rings (SSSR count). The second-order valence-corrected chi connectivity index (χ2v) is 7.11. The second-order valence-electron chi connectivity index (χ2n) is 5.70. The van der Waals surface area contributed by atoms with Crippen molar-refractivity contribution < 1.29 is 19.4 Å². The molecule has 0 aliphatic carbocycles. The third kappa shape index (κ3) is 4.03. The Kier molecular flexibility index (Phi) is 5.75. The molecule has 0 aromatic carbocycles. The maximum Gasteiger partial charge on any atom is 0.317 e. The number of rotatable bonds is 4. The Morgan fingerprint density at radius 2 is 2.14 bits per heavy atom. The van der Waals surface area contributed by atoms with Gasteiger partial charge in [0, 0.05) is 43.9 Å². The predicted molar refractivity (Wildman–Crippen MR) is 81.6 cm³/mol. The molecular formula is C14H24N2O4S. The fourth-order valence-electron chi connectivity index (χ4n) is 2.74. The van der Waals surface area contributed by atoms with Crippen molar-refractivity contribution in [2.75, 3.05) is 38.6 Å². The van der Waals surface area contributed by atoms with Gasteiger partial charge in [-0.25, -0.2) is 4.79 Å². The average Bonchev–Trinajstić information content (AvgIpc) is 2.53. The maximum atomic E-state index is 12.2. The molecule has 1 unspecified atom stereocenters. The highest BCUT2D eigenvalue weighted by Crippen LogP contribution is 2.30. The molecule has 0 spiro atoms. The largest absolute Gasteiger partial charge is 0.481 e. The number of ether oxygens (including phenoxy) is 1. The van der Waals surface area contributed by atoms with Gasteiger partial charge in [0.05, 0.1) is 5.41 Å². The molecule has 2 saturated heterocycles. The van der Waals surface area contributed by atoms with Crippen LogP contribution in [-0.4, -0.2) is 65.9 Å². The summed E-state index contributed by atoms with van der Waals surface area (Å²) in [4.78, 5) is 25.6. The molecule has 2 N–H and O–H groups in total. The molecule has 6 nitrogen and oxygen atoms in total. The van der Waals surface area contributed by atoms with E-state index in [9.17, 15) is 14.7 Å². The number of nitrogens with one attached hydrogen (secondary N) is 1. The monoisotopic (exact) mass is 316 g/mol. The maximum absolute atomic E-state index is 12.2. The fourth-order valence-corrected chi connectivity index (χ4v) is 3.92. The Hall–Kier alpha value is -0.950. The third-order valence-electron chi connectivity index (χ3n) is 4.36. The highest BCUT2D eigenvalue weighted by atomic mass is 32.2. The lowest BCUT2D eigenvalue weighted by atomic mass is 9.80. The number of urea groups is 1. The summed E-state index contributed by atoms with van der Waals surface area (Å²) >= 11 is 1.90. The highest BCUT2D eigenvalue weighted by molar-refractivity contribution is 8.00. The Morgan fingerprint density at radius 3 is 2.76 bits per heavy atom. The van der Waals surface area contributed by atoms with E-state index >= 15 is 0 Å². The number of carbonyl (C=O) groups excluding carboxylic acids is 1. The fraction of sp³-hybridized carbons (Fsp3) is 0.857. The summed E-state index contributed by atoms with van der Waals surface area (Å²) in [6, 6.07) is -0.138. The normalized spacial score (nSPS) is 25.4. The van der Waals surface area contributed by atoms with Crippen LogP contribution in [0, 0.1) is 5.41 Å². The van der Waals surface area contributed by atoms with Crippen molar-refractivity contribution in [2.45, 2.75) is 31.4 Å². The Bertz CT molecular complexity index is 385. The minimum atomic E-state index is -0.872. The quantitative estimate of drug-likeness (QED) is 0.820. The van der Waals surface area contributed by atoms with Crippen molar-refractivity contribution in [3.8, 4) is 0 Å². The van der Waals surface area contributed by atoms with E-state index in [4.69, 9.17) is 4.74 Å². The van der Waals surface area contributed by atoms with Crippen LogP contribution < -0.4 is 5.32 Å². The molecule has 0 bridgehead atoms. The van der Waals surface area contributed by atoms with E-state index in [1.54, 1.807) is 4.90 Å². The average molecular weight is 316 g/mol. The summed E-state index contributed by atoms with van der Waals surface area (Å²) in [5.41, 5.74) is -0.872. The zero-order chi connectivity index (χ0) is 15.3. The first-order chi connectivity index (χ1) is 10.1. The molecule has 0 radical (unpaired) electrons. The van der Waals surface area contributed by atoms with E-state index in [1.807, 2.05) is 11.8 Å². The van der Waals surface area contributed by atoms with Gasteiger partial charge in [-0.1, -0.05) is 6.92 Å². The van der Waals surface area contributed by atoms with E-state index in [0.717, 1.165) is 25.3 Å². The van der Waals surface area contributed by atoms with Crippen molar-refractivity contribution in [2.24, 2.45) is 5.41 Å². The molecule has 2 amide bonds. The van der Waals surface area contributed by atoms with Gasteiger partial charge in [0.2, 0.25) is 0 Å². The van der Waals surface area contributed by atoms with E-state index in [1.165, 1.54) is 0 Å². The van der Waals surface area contributed by atoms with E-state index in [2.05, 4.69) is 12.2 Å². The van der Waals surface area contributed by atoms with Crippen LogP contribution in [0.15, 0.2) is 0 Å². The van der Waals surface area contributed by atoms with Crippen LogP contribution in [0.25, 0.3) is 0 Å². The van der Waals surface area contributed by atoms with Gasteiger partial charge in [0.25, 0.3) is 0 Å².